The lowest BCUT2D eigenvalue weighted by Gasteiger charge is -2.21. The molecule has 1 aromatic carbocycles. The standard InChI is InChI=1S/C16H17FN4O3/c1-3-8-21(10-15(22)19-14-9-11(2)24-20-14)16(23)18-13-7-5-4-6-12(13)17/h3-7,9H,1,8,10H2,2H3,(H,18,23)(H,19,20,22). The van der Waals surface area contributed by atoms with Crippen LogP contribution < -0.4 is 10.6 Å². The van der Waals surface area contributed by atoms with E-state index >= 15 is 0 Å². The minimum absolute atomic E-state index is 0.0316. The van der Waals surface area contributed by atoms with Gasteiger partial charge >= 0.3 is 6.03 Å². The molecule has 0 aliphatic carbocycles. The highest BCUT2D eigenvalue weighted by molar-refractivity contribution is 5.96. The number of carbonyl (C=O) groups is 2. The monoisotopic (exact) mass is 332 g/mol. The summed E-state index contributed by atoms with van der Waals surface area (Å²) in [5, 5.41) is 8.56. The Balaban J connectivity index is 1.99. The summed E-state index contributed by atoms with van der Waals surface area (Å²) < 4.78 is 18.4. The predicted molar refractivity (Wildman–Crippen MR) is 87.1 cm³/mol. The fraction of sp³-hybridized carbons (Fsp3) is 0.188. The van der Waals surface area contributed by atoms with Crippen LogP contribution >= 0.6 is 0 Å². The average molecular weight is 332 g/mol. The smallest absolute Gasteiger partial charge is 0.322 e. The van der Waals surface area contributed by atoms with Gasteiger partial charge in [0.25, 0.3) is 0 Å². The number of hydrogen-bond acceptors (Lipinski definition) is 4. The lowest BCUT2D eigenvalue weighted by atomic mass is 10.3. The molecule has 126 valence electrons. The molecule has 0 atom stereocenters. The van der Waals surface area contributed by atoms with Crippen LogP contribution in [0, 0.1) is 12.7 Å². The second-order valence-corrected chi connectivity index (χ2v) is 4.95. The minimum atomic E-state index is -0.619. The topological polar surface area (TPSA) is 87.5 Å². The quantitative estimate of drug-likeness (QED) is 0.796. The molecular formula is C16H17FN4O3. The lowest BCUT2D eigenvalue weighted by Crippen LogP contribution is -2.40. The molecule has 3 amide bonds. The van der Waals surface area contributed by atoms with Crippen LogP contribution in [0.4, 0.5) is 20.7 Å². The first kappa shape index (κ1) is 17.2. The van der Waals surface area contributed by atoms with E-state index in [-0.39, 0.29) is 24.6 Å². The van der Waals surface area contributed by atoms with E-state index in [4.69, 9.17) is 4.52 Å². The van der Waals surface area contributed by atoms with Crippen molar-refractivity contribution < 1.29 is 18.5 Å². The number of nitrogens with zero attached hydrogens (tertiary/aromatic N) is 2. The fourth-order valence-electron chi connectivity index (χ4n) is 1.91. The van der Waals surface area contributed by atoms with Crippen molar-refractivity contribution in [2.75, 3.05) is 23.7 Å². The van der Waals surface area contributed by atoms with Gasteiger partial charge in [0.1, 0.15) is 18.1 Å². The van der Waals surface area contributed by atoms with Gasteiger partial charge in [-0.05, 0) is 19.1 Å². The number of aromatic nitrogens is 1. The van der Waals surface area contributed by atoms with Crippen molar-refractivity contribution in [3.05, 3.63) is 54.6 Å². The Morgan fingerprint density at radius 1 is 1.38 bits per heavy atom. The number of benzene rings is 1. The van der Waals surface area contributed by atoms with E-state index in [0.29, 0.717) is 5.76 Å². The summed E-state index contributed by atoms with van der Waals surface area (Å²) in [5.41, 5.74) is 0.0316. The molecule has 0 bridgehead atoms. The molecule has 0 aliphatic heterocycles. The first-order chi connectivity index (χ1) is 11.5. The van der Waals surface area contributed by atoms with Crippen LogP contribution in [0.5, 0.6) is 0 Å². The molecule has 8 heteroatoms. The number of rotatable bonds is 6. The average Bonchev–Trinajstić information content (AvgIpc) is 2.94. The summed E-state index contributed by atoms with van der Waals surface area (Å²) in [6, 6.07) is 6.70. The number of anilines is 2. The van der Waals surface area contributed by atoms with Gasteiger partial charge in [-0.1, -0.05) is 23.4 Å². The number of para-hydroxylation sites is 1. The van der Waals surface area contributed by atoms with Crippen molar-refractivity contribution >= 4 is 23.4 Å². The lowest BCUT2D eigenvalue weighted by molar-refractivity contribution is -0.116. The normalized spacial score (nSPS) is 10.1. The molecule has 24 heavy (non-hydrogen) atoms. The number of halogens is 1. The van der Waals surface area contributed by atoms with E-state index in [1.54, 1.807) is 19.1 Å². The van der Waals surface area contributed by atoms with E-state index in [0.717, 1.165) is 0 Å². The summed E-state index contributed by atoms with van der Waals surface area (Å²) in [4.78, 5) is 25.4. The summed E-state index contributed by atoms with van der Waals surface area (Å²) >= 11 is 0. The number of urea groups is 1. The van der Waals surface area contributed by atoms with Gasteiger partial charge in [-0.15, -0.1) is 6.58 Å². The first-order valence-electron chi connectivity index (χ1n) is 7.14. The summed E-state index contributed by atoms with van der Waals surface area (Å²) in [6.45, 7) is 5.10. The molecule has 0 saturated carbocycles. The minimum Gasteiger partial charge on any atom is -0.360 e. The highest BCUT2D eigenvalue weighted by Crippen LogP contribution is 2.13. The molecule has 0 aliphatic rings. The zero-order valence-corrected chi connectivity index (χ0v) is 13.1. The molecule has 0 unspecified atom stereocenters. The Morgan fingerprint density at radius 3 is 2.75 bits per heavy atom. The number of nitrogens with one attached hydrogen (secondary N) is 2. The number of carbonyl (C=O) groups excluding carboxylic acids is 2. The van der Waals surface area contributed by atoms with Crippen molar-refractivity contribution in [2.45, 2.75) is 6.92 Å². The molecule has 1 heterocycles. The molecule has 2 aromatic rings. The van der Waals surface area contributed by atoms with E-state index in [2.05, 4.69) is 22.4 Å². The first-order valence-corrected chi connectivity index (χ1v) is 7.14. The molecule has 0 saturated heterocycles. The summed E-state index contributed by atoms with van der Waals surface area (Å²) in [7, 11) is 0. The molecule has 0 fully saturated rings. The van der Waals surface area contributed by atoms with Crippen molar-refractivity contribution in [1.29, 1.82) is 0 Å². The van der Waals surface area contributed by atoms with Crippen LogP contribution in [0.2, 0.25) is 0 Å². The van der Waals surface area contributed by atoms with Gasteiger partial charge in [-0.3, -0.25) is 4.79 Å². The van der Waals surface area contributed by atoms with Crippen molar-refractivity contribution in [3.63, 3.8) is 0 Å². The Bertz CT molecular complexity index is 744. The second kappa shape index (κ2) is 7.91. The molecule has 0 spiro atoms. The van der Waals surface area contributed by atoms with Gasteiger partial charge < -0.3 is 20.1 Å². The van der Waals surface area contributed by atoms with Crippen molar-refractivity contribution in [1.82, 2.24) is 10.1 Å². The van der Waals surface area contributed by atoms with Crippen LogP contribution in [0.1, 0.15) is 5.76 Å². The number of aryl methyl sites for hydroxylation is 1. The molecule has 2 rings (SSSR count). The largest absolute Gasteiger partial charge is 0.360 e. The maximum absolute atomic E-state index is 13.6. The third-order valence-corrected chi connectivity index (χ3v) is 2.98. The van der Waals surface area contributed by atoms with E-state index in [1.807, 2.05) is 0 Å². The van der Waals surface area contributed by atoms with Gasteiger partial charge in [-0.2, -0.15) is 0 Å². The zero-order chi connectivity index (χ0) is 17.5. The fourth-order valence-corrected chi connectivity index (χ4v) is 1.91. The third-order valence-electron chi connectivity index (χ3n) is 2.98. The van der Waals surface area contributed by atoms with E-state index in [9.17, 15) is 14.0 Å². The van der Waals surface area contributed by atoms with Crippen LogP contribution in [-0.4, -0.2) is 35.1 Å². The highest BCUT2D eigenvalue weighted by Gasteiger charge is 2.18. The number of amides is 3. The Labute approximate surface area is 138 Å². The Morgan fingerprint density at radius 2 is 2.12 bits per heavy atom. The predicted octanol–water partition coefficient (Wildman–Crippen LogP) is 2.78. The second-order valence-electron chi connectivity index (χ2n) is 4.95. The molecule has 7 nitrogen and oxygen atoms in total. The van der Waals surface area contributed by atoms with Crippen LogP contribution in [-0.2, 0) is 4.79 Å². The van der Waals surface area contributed by atoms with Crippen molar-refractivity contribution in [3.8, 4) is 0 Å². The molecule has 2 N–H and O–H groups in total. The highest BCUT2D eigenvalue weighted by atomic mass is 19.1. The van der Waals surface area contributed by atoms with Crippen molar-refractivity contribution in [2.24, 2.45) is 0 Å². The van der Waals surface area contributed by atoms with Crippen LogP contribution in [0.25, 0.3) is 0 Å². The molecule has 1 aromatic heterocycles. The summed E-state index contributed by atoms with van der Waals surface area (Å²) in [5.74, 6) is -0.225. The SMILES string of the molecule is C=CCN(CC(=O)Nc1cc(C)on1)C(=O)Nc1ccccc1F. The van der Waals surface area contributed by atoms with Gasteiger partial charge in [-0.25, -0.2) is 9.18 Å². The van der Waals surface area contributed by atoms with Crippen LogP contribution in [0.3, 0.4) is 0 Å². The van der Waals surface area contributed by atoms with Gasteiger partial charge in [0.15, 0.2) is 5.82 Å². The van der Waals surface area contributed by atoms with Gasteiger partial charge in [0.05, 0.1) is 5.69 Å². The van der Waals surface area contributed by atoms with Gasteiger partial charge in [0.2, 0.25) is 5.91 Å². The van der Waals surface area contributed by atoms with Crippen LogP contribution in [0.15, 0.2) is 47.5 Å². The molecular weight excluding hydrogens is 315 g/mol. The Kier molecular flexibility index (Phi) is 5.67. The van der Waals surface area contributed by atoms with E-state index < -0.39 is 17.8 Å². The summed E-state index contributed by atoms with van der Waals surface area (Å²) in [6.07, 6.45) is 1.47. The maximum atomic E-state index is 13.6. The number of hydrogen-bond donors (Lipinski definition) is 2. The van der Waals surface area contributed by atoms with Gasteiger partial charge in [0, 0.05) is 12.6 Å². The molecule has 0 radical (unpaired) electrons. The Hall–Kier alpha value is -3.16. The maximum Gasteiger partial charge on any atom is 0.322 e. The third kappa shape index (κ3) is 4.67. The van der Waals surface area contributed by atoms with E-state index in [1.165, 1.54) is 29.2 Å². The zero-order valence-electron chi connectivity index (χ0n) is 13.1.